The van der Waals surface area contributed by atoms with Crippen LogP contribution in [0.1, 0.15) is 5.69 Å². The van der Waals surface area contributed by atoms with Gasteiger partial charge >= 0.3 is 0 Å². The third kappa shape index (κ3) is 1.16. The van der Waals surface area contributed by atoms with Crippen molar-refractivity contribution < 1.29 is 9.50 Å². The van der Waals surface area contributed by atoms with Crippen LogP contribution in [0.15, 0.2) is 24.3 Å². The van der Waals surface area contributed by atoms with Crippen LogP contribution in [-0.2, 0) is 13.7 Å². The Kier molecular flexibility index (Phi) is 1.72. The van der Waals surface area contributed by atoms with E-state index in [-0.39, 0.29) is 5.75 Å². The molecule has 0 radical (unpaired) electrons. The molecule has 0 saturated heterocycles. The van der Waals surface area contributed by atoms with E-state index >= 15 is 0 Å². The Balaban J connectivity index is 2.76. The molecule has 2 nitrogen and oxygen atoms in total. The molecule has 0 unspecified atom stereocenters. The third-order valence-electron chi connectivity index (χ3n) is 2.26. The minimum Gasteiger partial charge on any atom is -0.508 e. The van der Waals surface area contributed by atoms with Crippen LogP contribution in [0.2, 0.25) is 0 Å². The molecule has 3 heteroatoms. The molecule has 0 aliphatic carbocycles. The molecule has 13 heavy (non-hydrogen) atoms. The number of phenolic OH excluding ortho intramolecular Hbond substituents is 1. The zero-order chi connectivity index (χ0) is 9.42. The van der Waals surface area contributed by atoms with E-state index in [2.05, 4.69) is 0 Å². The monoisotopic (exact) mass is 179 g/mol. The van der Waals surface area contributed by atoms with Gasteiger partial charge in [-0.2, -0.15) is 0 Å². The van der Waals surface area contributed by atoms with Gasteiger partial charge in [-0.1, -0.05) is 0 Å². The summed E-state index contributed by atoms with van der Waals surface area (Å²) in [4.78, 5) is 0. The van der Waals surface area contributed by atoms with Gasteiger partial charge in [0.2, 0.25) is 0 Å². The number of rotatable bonds is 1. The maximum atomic E-state index is 12.4. The predicted octanol–water partition coefficient (Wildman–Crippen LogP) is 2.35. The van der Waals surface area contributed by atoms with Gasteiger partial charge in [0.05, 0.1) is 0 Å². The van der Waals surface area contributed by atoms with Crippen molar-refractivity contribution in [2.24, 2.45) is 7.05 Å². The predicted molar refractivity (Wildman–Crippen MR) is 49.4 cm³/mol. The quantitative estimate of drug-likeness (QED) is 0.714. The molecule has 0 fully saturated rings. The summed E-state index contributed by atoms with van der Waals surface area (Å²) in [5, 5.41) is 10.1. The van der Waals surface area contributed by atoms with Crippen LogP contribution in [0.5, 0.6) is 5.75 Å². The zero-order valence-corrected chi connectivity index (χ0v) is 7.29. The van der Waals surface area contributed by atoms with Crippen molar-refractivity contribution in [1.29, 1.82) is 0 Å². The number of aromatic nitrogens is 1. The zero-order valence-electron chi connectivity index (χ0n) is 7.29. The van der Waals surface area contributed by atoms with E-state index < -0.39 is 6.67 Å². The van der Waals surface area contributed by atoms with Gasteiger partial charge in [0.15, 0.2) is 0 Å². The lowest BCUT2D eigenvalue weighted by atomic mass is 10.2. The van der Waals surface area contributed by atoms with Crippen molar-refractivity contribution in [1.82, 2.24) is 4.57 Å². The summed E-state index contributed by atoms with van der Waals surface area (Å²) in [6.45, 7) is -0.480. The van der Waals surface area contributed by atoms with Gasteiger partial charge in [0.25, 0.3) is 0 Å². The van der Waals surface area contributed by atoms with E-state index in [0.717, 1.165) is 10.9 Å². The van der Waals surface area contributed by atoms with Crippen molar-refractivity contribution in [2.75, 3.05) is 0 Å². The number of benzene rings is 1. The second kappa shape index (κ2) is 2.76. The molecule has 0 saturated carbocycles. The van der Waals surface area contributed by atoms with E-state index in [0.29, 0.717) is 5.69 Å². The summed E-state index contributed by atoms with van der Waals surface area (Å²) in [6.07, 6.45) is 0. The molecule has 2 rings (SSSR count). The number of aryl methyl sites for hydroxylation is 1. The lowest BCUT2D eigenvalue weighted by Gasteiger charge is -1.98. The maximum absolute atomic E-state index is 12.4. The highest BCUT2D eigenvalue weighted by Crippen LogP contribution is 2.23. The number of phenols is 1. The molecule has 0 atom stereocenters. The average Bonchev–Trinajstić information content (AvgIpc) is 2.42. The Bertz CT molecular complexity index is 447. The Morgan fingerprint density at radius 2 is 2.15 bits per heavy atom. The lowest BCUT2D eigenvalue weighted by molar-refractivity contribution is 0.467. The normalized spacial score (nSPS) is 10.9. The first-order valence-electron chi connectivity index (χ1n) is 4.05. The second-order valence-electron chi connectivity index (χ2n) is 3.07. The summed E-state index contributed by atoms with van der Waals surface area (Å²) in [7, 11) is 1.81. The molecule has 0 aliphatic rings. The van der Waals surface area contributed by atoms with Crippen molar-refractivity contribution in [3.63, 3.8) is 0 Å². The Morgan fingerprint density at radius 1 is 1.38 bits per heavy atom. The Labute approximate surface area is 75.2 Å². The van der Waals surface area contributed by atoms with Crippen molar-refractivity contribution in [3.8, 4) is 5.75 Å². The molecule has 0 amide bonds. The molecule has 68 valence electrons. The first kappa shape index (κ1) is 8.10. The van der Waals surface area contributed by atoms with Crippen molar-refractivity contribution in [3.05, 3.63) is 30.0 Å². The van der Waals surface area contributed by atoms with Crippen LogP contribution in [0, 0.1) is 0 Å². The fraction of sp³-hybridized carbons (Fsp3) is 0.200. The summed E-state index contributed by atoms with van der Waals surface area (Å²) in [6, 6.07) is 6.76. The first-order valence-corrected chi connectivity index (χ1v) is 4.05. The van der Waals surface area contributed by atoms with E-state index in [9.17, 15) is 9.50 Å². The minimum atomic E-state index is -0.480. The second-order valence-corrected chi connectivity index (χ2v) is 3.07. The molecular weight excluding hydrogens is 169 g/mol. The highest BCUT2D eigenvalue weighted by atomic mass is 19.1. The van der Waals surface area contributed by atoms with Crippen LogP contribution in [0.4, 0.5) is 4.39 Å². The first-order chi connectivity index (χ1) is 6.22. The van der Waals surface area contributed by atoms with Gasteiger partial charge in [0, 0.05) is 23.6 Å². The van der Waals surface area contributed by atoms with Gasteiger partial charge in [-0.15, -0.1) is 0 Å². The molecule has 1 heterocycles. The number of hydrogen-bond donors (Lipinski definition) is 1. The van der Waals surface area contributed by atoms with Gasteiger partial charge in [-0.3, -0.25) is 0 Å². The third-order valence-corrected chi connectivity index (χ3v) is 2.26. The van der Waals surface area contributed by atoms with Crippen LogP contribution < -0.4 is 0 Å². The molecule has 0 bridgehead atoms. The number of halogens is 1. The summed E-state index contributed by atoms with van der Waals surface area (Å²) >= 11 is 0. The number of nitrogens with zero attached hydrogens (tertiary/aromatic N) is 1. The van der Waals surface area contributed by atoms with Gasteiger partial charge in [-0.05, 0) is 24.3 Å². The molecule has 1 aromatic carbocycles. The fourth-order valence-corrected chi connectivity index (χ4v) is 1.52. The smallest absolute Gasteiger partial charge is 0.129 e. The topological polar surface area (TPSA) is 25.2 Å². The number of hydrogen-bond acceptors (Lipinski definition) is 1. The molecular formula is C10H10FNO. The van der Waals surface area contributed by atoms with Gasteiger partial charge < -0.3 is 9.67 Å². The Morgan fingerprint density at radius 3 is 2.85 bits per heavy atom. The SMILES string of the molecule is Cn1c(CF)cc2cc(O)ccc21. The summed E-state index contributed by atoms with van der Waals surface area (Å²) in [5.41, 5.74) is 1.56. The van der Waals surface area contributed by atoms with E-state index in [1.165, 1.54) is 0 Å². The summed E-state index contributed by atoms with van der Waals surface area (Å²) < 4.78 is 14.2. The molecule has 1 aromatic heterocycles. The molecule has 0 aliphatic heterocycles. The minimum absolute atomic E-state index is 0.212. The number of alkyl halides is 1. The van der Waals surface area contributed by atoms with Crippen LogP contribution in [0.3, 0.4) is 0 Å². The highest BCUT2D eigenvalue weighted by molar-refractivity contribution is 5.82. The average molecular weight is 179 g/mol. The molecule has 2 aromatic rings. The van der Waals surface area contributed by atoms with Gasteiger partial charge in [0.1, 0.15) is 12.4 Å². The van der Waals surface area contributed by atoms with E-state index in [4.69, 9.17) is 0 Å². The van der Waals surface area contributed by atoms with Crippen molar-refractivity contribution in [2.45, 2.75) is 6.67 Å². The summed E-state index contributed by atoms with van der Waals surface area (Å²) in [5.74, 6) is 0.212. The largest absolute Gasteiger partial charge is 0.508 e. The lowest BCUT2D eigenvalue weighted by Crippen LogP contribution is -1.92. The Hall–Kier alpha value is -1.51. The van der Waals surface area contributed by atoms with Crippen molar-refractivity contribution >= 4 is 10.9 Å². The number of aromatic hydroxyl groups is 1. The van der Waals surface area contributed by atoms with Crippen LogP contribution in [-0.4, -0.2) is 9.67 Å². The van der Waals surface area contributed by atoms with Gasteiger partial charge in [-0.25, -0.2) is 4.39 Å². The fourth-order valence-electron chi connectivity index (χ4n) is 1.52. The van der Waals surface area contributed by atoms with E-state index in [1.807, 2.05) is 7.05 Å². The van der Waals surface area contributed by atoms with Crippen LogP contribution in [0.25, 0.3) is 10.9 Å². The molecule has 1 N–H and O–H groups in total. The molecule has 0 spiro atoms. The van der Waals surface area contributed by atoms with E-state index in [1.54, 1.807) is 28.8 Å². The van der Waals surface area contributed by atoms with Crippen LogP contribution >= 0.6 is 0 Å². The number of fused-ring (bicyclic) bond motifs is 1. The standard InChI is InChI=1S/C10H10FNO/c1-12-8(6-11)4-7-5-9(13)2-3-10(7)12/h2-5,13H,6H2,1H3. The maximum Gasteiger partial charge on any atom is 0.129 e. The highest BCUT2D eigenvalue weighted by Gasteiger charge is 2.04.